The number of morpholine rings is 1. The van der Waals surface area contributed by atoms with Crippen molar-refractivity contribution in [3.05, 3.63) is 56.6 Å². The van der Waals surface area contributed by atoms with Crippen molar-refractivity contribution in [3.8, 4) is 11.3 Å². The Kier molecular flexibility index (Phi) is 4.52. The van der Waals surface area contributed by atoms with Crippen molar-refractivity contribution in [3.63, 3.8) is 0 Å². The molecule has 0 unspecified atom stereocenters. The van der Waals surface area contributed by atoms with Crippen molar-refractivity contribution in [2.75, 3.05) is 26.3 Å². The maximum atomic E-state index is 12.4. The van der Waals surface area contributed by atoms with E-state index >= 15 is 0 Å². The van der Waals surface area contributed by atoms with Gasteiger partial charge in [0.2, 0.25) is 0 Å². The molecule has 0 saturated carbocycles. The van der Waals surface area contributed by atoms with Crippen LogP contribution in [0.1, 0.15) is 5.69 Å². The van der Waals surface area contributed by atoms with Gasteiger partial charge in [-0.25, -0.2) is 4.52 Å². The Morgan fingerprint density at radius 1 is 1.20 bits per heavy atom. The molecule has 0 atom stereocenters. The molecule has 3 aromatic rings. The summed E-state index contributed by atoms with van der Waals surface area (Å²) in [5.41, 5.74) is 2.46. The summed E-state index contributed by atoms with van der Waals surface area (Å²) in [5, 5.41) is 5.57. The lowest BCUT2D eigenvalue weighted by atomic mass is 10.1. The van der Waals surface area contributed by atoms with Crippen LogP contribution in [-0.2, 0) is 11.3 Å². The van der Waals surface area contributed by atoms with Gasteiger partial charge in [-0.2, -0.15) is 5.10 Å². The van der Waals surface area contributed by atoms with Crippen LogP contribution in [0.5, 0.6) is 0 Å². The molecular weight excluding hydrogens is 363 g/mol. The number of H-pyrrole nitrogens is 1. The number of benzene rings is 1. The van der Waals surface area contributed by atoms with Crippen LogP contribution in [0.15, 0.2) is 35.3 Å². The van der Waals surface area contributed by atoms with Gasteiger partial charge in [-0.15, -0.1) is 0 Å². The summed E-state index contributed by atoms with van der Waals surface area (Å²) >= 11 is 12.2. The highest BCUT2D eigenvalue weighted by Crippen LogP contribution is 2.28. The summed E-state index contributed by atoms with van der Waals surface area (Å²) in [6.07, 6.45) is 1.77. The smallest absolute Gasteiger partial charge is 0.274 e. The first-order valence-electron chi connectivity index (χ1n) is 7.97. The molecule has 2 aromatic heterocycles. The molecule has 0 spiro atoms. The Bertz CT molecular complexity index is 976. The van der Waals surface area contributed by atoms with Crippen LogP contribution in [0.25, 0.3) is 16.8 Å². The van der Waals surface area contributed by atoms with Crippen molar-refractivity contribution in [1.82, 2.24) is 19.5 Å². The Balaban J connectivity index is 1.70. The average molecular weight is 379 g/mol. The molecule has 8 heteroatoms. The molecule has 1 aliphatic heterocycles. The molecule has 1 aromatic carbocycles. The van der Waals surface area contributed by atoms with E-state index in [1.807, 2.05) is 6.07 Å². The summed E-state index contributed by atoms with van der Waals surface area (Å²) in [6, 6.07) is 6.98. The molecule has 3 heterocycles. The zero-order valence-corrected chi connectivity index (χ0v) is 14.8. The standard InChI is InChI=1S/C17H16Cl2N4O2/c18-11-1-2-13(14(19)7-11)15-10-23-16(17(24)20-15)8-12(21-23)9-22-3-5-25-6-4-22/h1-2,7-8,10H,3-6,9H2,(H,20,24). The molecule has 6 nitrogen and oxygen atoms in total. The molecule has 25 heavy (non-hydrogen) atoms. The number of nitrogens with zero attached hydrogens (tertiary/aromatic N) is 3. The fourth-order valence-corrected chi connectivity index (χ4v) is 3.47. The molecule has 1 saturated heterocycles. The molecule has 0 amide bonds. The quantitative estimate of drug-likeness (QED) is 0.760. The Hall–Kier alpha value is -1.86. The van der Waals surface area contributed by atoms with Crippen LogP contribution in [-0.4, -0.2) is 45.8 Å². The van der Waals surface area contributed by atoms with Gasteiger partial charge >= 0.3 is 0 Å². The van der Waals surface area contributed by atoms with Crippen LogP contribution in [0.4, 0.5) is 0 Å². The van der Waals surface area contributed by atoms with E-state index in [2.05, 4.69) is 15.0 Å². The minimum atomic E-state index is -0.204. The molecule has 1 aliphatic rings. The van der Waals surface area contributed by atoms with E-state index in [0.29, 0.717) is 33.4 Å². The van der Waals surface area contributed by atoms with E-state index in [1.54, 1.807) is 28.9 Å². The number of halogens is 2. The monoisotopic (exact) mass is 378 g/mol. The Morgan fingerprint density at radius 3 is 2.76 bits per heavy atom. The van der Waals surface area contributed by atoms with E-state index in [1.165, 1.54) is 0 Å². The summed E-state index contributed by atoms with van der Waals surface area (Å²) in [4.78, 5) is 17.6. The molecule has 0 bridgehead atoms. The average Bonchev–Trinajstić information content (AvgIpc) is 2.99. The van der Waals surface area contributed by atoms with E-state index < -0.39 is 0 Å². The van der Waals surface area contributed by atoms with Crippen molar-refractivity contribution in [2.24, 2.45) is 0 Å². The van der Waals surface area contributed by atoms with E-state index in [4.69, 9.17) is 27.9 Å². The van der Waals surface area contributed by atoms with Crippen molar-refractivity contribution in [2.45, 2.75) is 6.54 Å². The first-order chi connectivity index (χ1) is 12.1. The fourth-order valence-electron chi connectivity index (χ4n) is 2.96. The second kappa shape index (κ2) is 6.80. The SMILES string of the molecule is O=c1[nH]c(-c2ccc(Cl)cc2Cl)cn2nc(CN3CCOCC3)cc12. The molecule has 0 radical (unpaired) electrons. The number of aromatic amines is 1. The first kappa shape index (κ1) is 16.6. The third kappa shape index (κ3) is 3.43. The third-order valence-electron chi connectivity index (χ3n) is 4.23. The molecule has 1 N–H and O–H groups in total. The van der Waals surface area contributed by atoms with E-state index in [-0.39, 0.29) is 5.56 Å². The first-order valence-corrected chi connectivity index (χ1v) is 8.73. The highest BCUT2D eigenvalue weighted by Gasteiger charge is 2.15. The van der Waals surface area contributed by atoms with Crippen LogP contribution in [0, 0.1) is 0 Å². The Morgan fingerprint density at radius 2 is 2.00 bits per heavy atom. The van der Waals surface area contributed by atoms with Gasteiger partial charge in [-0.05, 0) is 24.3 Å². The third-order valence-corrected chi connectivity index (χ3v) is 4.78. The number of hydrogen-bond acceptors (Lipinski definition) is 4. The second-order valence-electron chi connectivity index (χ2n) is 5.98. The summed E-state index contributed by atoms with van der Waals surface area (Å²) in [5.74, 6) is 0. The van der Waals surface area contributed by atoms with Crippen molar-refractivity contribution < 1.29 is 4.74 Å². The number of nitrogens with one attached hydrogen (secondary N) is 1. The van der Waals surface area contributed by atoms with Gasteiger partial charge in [-0.3, -0.25) is 9.69 Å². The normalized spacial score (nSPS) is 15.8. The summed E-state index contributed by atoms with van der Waals surface area (Å²) < 4.78 is 6.96. The van der Waals surface area contributed by atoms with Crippen LogP contribution < -0.4 is 5.56 Å². The van der Waals surface area contributed by atoms with Gasteiger partial charge < -0.3 is 9.72 Å². The van der Waals surface area contributed by atoms with E-state index in [9.17, 15) is 4.79 Å². The predicted molar refractivity (Wildman–Crippen MR) is 97.4 cm³/mol. The molecular formula is C17H16Cl2N4O2. The van der Waals surface area contributed by atoms with Gasteiger partial charge in [-0.1, -0.05) is 23.2 Å². The lowest BCUT2D eigenvalue weighted by Gasteiger charge is -2.25. The minimum Gasteiger partial charge on any atom is -0.379 e. The summed E-state index contributed by atoms with van der Waals surface area (Å²) in [6.45, 7) is 3.90. The number of hydrogen-bond donors (Lipinski definition) is 1. The lowest BCUT2D eigenvalue weighted by Crippen LogP contribution is -2.35. The van der Waals surface area contributed by atoms with Gasteiger partial charge in [0, 0.05) is 30.2 Å². The predicted octanol–water partition coefficient (Wildman–Crippen LogP) is 2.83. The maximum Gasteiger partial charge on any atom is 0.274 e. The van der Waals surface area contributed by atoms with Crippen LogP contribution in [0.3, 0.4) is 0 Å². The van der Waals surface area contributed by atoms with Crippen molar-refractivity contribution in [1.29, 1.82) is 0 Å². The number of fused-ring (bicyclic) bond motifs is 1. The highest BCUT2D eigenvalue weighted by atomic mass is 35.5. The minimum absolute atomic E-state index is 0.204. The molecule has 4 rings (SSSR count). The number of aromatic nitrogens is 3. The maximum absolute atomic E-state index is 12.4. The highest BCUT2D eigenvalue weighted by molar-refractivity contribution is 6.36. The Labute approximate surface area is 153 Å². The molecule has 0 aliphatic carbocycles. The zero-order chi connectivity index (χ0) is 17.4. The molecule has 1 fully saturated rings. The van der Waals surface area contributed by atoms with Gasteiger partial charge in [0.1, 0.15) is 5.52 Å². The second-order valence-corrected chi connectivity index (χ2v) is 6.82. The summed E-state index contributed by atoms with van der Waals surface area (Å²) in [7, 11) is 0. The number of rotatable bonds is 3. The van der Waals surface area contributed by atoms with Crippen LogP contribution in [0.2, 0.25) is 10.0 Å². The van der Waals surface area contributed by atoms with Gasteiger partial charge in [0.05, 0.1) is 35.8 Å². The largest absolute Gasteiger partial charge is 0.379 e. The lowest BCUT2D eigenvalue weighted by molar-refractivity contribution is 0.0336. The number of ether oxygens (including phenoxy) is 1. The zero-order valence-electron chi connectivity index (χ0n) is 13.3. The van der Waals surface area contributed by atoms with E-state index in [0.717, 1.165) is 32.0 Å². The molecule has 130 valence electrons. The van der Waals surface area contributed by atoms with Crippen molar-refractivity contribution >= 4 is 28.7 Å². The topological polar surface area (TPSA) is 62.6 Å². The van der Waals surface area contributed by atoms with Gasteiger partial charge in [0.15, 0.2) is 0 Å². The van der Waals surface area contributed by atoms with Gasteiger partial charge in [0.25, 0.3) is 5.56 Å². The fraction of sp³-hybridized carbons (Fsp3) is 0.294. The van der Waals surface area contributed by atoms with Crippen LogP contribution >= 0.6 is 23.2 Å².